The normalized spacial score (nSPS) is 25.6. The summed E-state index contributed by atoms with van der Waals surface area (Å²) >= 11 is 0. The number of ether oxygens (including phenoxy) is 2. The molecule has 0 aromatic heterocycles. The summed E-state index contributed by atoms with van der Waals surface area (Å²) in [5.41, 5.74) is 0. The van der Waals surface area contributed by atoms with Crippen LogP contribution in [0.1, 0.15) is 123 Å². The van der Waals surface area contributed by atoms with Gasteiger partial charge in [0.2, 0.25) is 0 Å². The van der Waals surface area contributed by atoms with Gasteiger partial charge in [-0.2, -0.15) is 0 Å². The van der Waals surface area contributed by atoms with Gasteiger partial charge >= 0.3 is 0 Å². The second-order valence-electron chi connectivity index (χ2n) is 11.2. The Morgan fingerprint density at radius 2 is 1.09 bits per heavy atom. The van der Waals surface area contributed by atoms with Crippen LogP contribution in [0.5, 0.6) is 11.5 Å². The van der Waals surface area contributed by atoms with E-state index in [1.807, 2.05) is 0 Å². The summed E-state index contributed by atoms with van der Waals surface area (Å²) in [6.45, 7) is 6.36. The third-order valence-electron chi connectivity index (χ3n) is 8.56. The Kier molecular flexibility index (Phi) is 12.5. The van der Waals surface area contributed by atoms with Gasteiger partial charge in [-0.3, -0.25) is 0 Å². The molecule has 0 unspecified atom stereocenters. The predicted octanol–water partition coefficient (Wildman–Crippen LogP) is 9.61. The van der Waals surface area contributed by atoms with Crippen LogP contribution in [0.3, 0.4) is 0 Å². The van der Waals surface area contributed by atoms with E-state index in [2.05, 4.69) is 38.1 Å². The van der Waals surface area contributed by atoms with Crippen LogP contribution in [-0.2, 0) is 0 Å². The van der Waals surface area contributed by atoms with Crippen molar-refractivity contribution in [1.29, 1.82) is 0 Å². The summed E-state index contributed by atoms with van der Waals surface area (Å²) in [6, 6.07) is 8.33. The van der Waals surface area contributed by atoms with E-state index in [0.717, 1.165) is 48.4 Å². The van der Waals surface area contributed by atoms with Gasteiger partial charge in [0.25, 0.3) is 0 Å². The molecule has 2 aliphatic carbocycles. The molecule has 2 aliphatic rings. The molecule has 0 saturated heterocycles. The standard InChI is InChI=1S/C31H52O2/c1-3-5-6-7-8-10-27-16-18-29(19-17-27)25-33-31-22-20-30(21-23-31)32-24-9-11-28-14-12-26(4-2)13-15-28/h20-23,26-29H,3-19,24-25H2,1-2H3/t26-,27-,28-,29-. The molecule has 0 atom stereocenters. The average Bonchev–Trinajstić information content (AvgIpc) is 2.87. The topological polar surface area (TPSA) is 18.5 Å². The predicted molar refractivity (Wildman–Crippen MR) is 141 cm³/mol. The van der Waals surface area contributed by atoms with Crippen molar-refractivity contribution in [3.8, 4) is 11.5 Å². The van der Waals surface area contributed by atoms with Gasteiger partial charge in [0, 0.05) is 0 Å². The largest absolute Gasteiger partial charge is 0.494 e. The van der Waals surface area contributed by atoms with E-state index in [4.69, 9.17) is 9.47 Å². The van der Waals surface area contributed by atoms with Crippen molar-refractivity contribution in [2.75, 3.05) is 13.2 Å². The molecule has 0 amide bonds. The van der Waals surface area contributed by atoms with Crippen molar-refractivity contribution in [3.63, 3.8) is 0 Å². The molecular formula is C31H52O2. The second-order valence-corrected chi connectivity index (χ2v) is 11.2. The number of rotatable bonds is 15. The number of unbranched alkanes of at least 4 members (excludes halogenated alkanes) is 4. The monoisotopic (exact) mass is 456 g/mol. The minimum absolute atomic E-state index is 0.740. The van der Waals surface area contributed by atoms with Crippen LogP contribution in [-0.4, -0.2) is 13.2 Å². The van der Waals surface area contributed by atoms with Gasteiger partial charge in [-0.15, -0.1) is 0 Å². The van der Waals surface area contributed by atoms with Gasteiger partial charge in [-0.1, -0.05) is 97.3 Å². The highest BCUT2D eigenvalue weighted by atomic mass is 16.5. The molecule has 3 rings (SSSR count). The van der Waals surface area contributed by atoms with E-state index in [0.29, 0.717) is 0 Å². The van der Waals surface area contributed by atoms with Gasteiger partial charge in [0.05, 0.1) is 13.2 Å². The summed E-state index contributed by atoms with van der Waals surface area (Å²) in [4.78, 5) is 0. The van der Waals surface area contributed by atoms with Crippen LogP contribution in [0.2, 0.25) is 0 Å². The number of benzene rings is 1. The molecule has 0 radical (unpaired) electrons. The van der Waals surface area contributed by atoms with E-state index in [-0.39, 0.29) is 0 Å². The quantitative estimate of drug-likeness (QED) is 0.245. The maximum atomic E-state index is 6.13. The Hall–Kier alpha value is -1.18. The average molecular weight is 457 g/mol. The van der Waals surface area contributed by atoms with Crippen LogP contribution in [0.4, 0.5) is 0 Å². The zero-order valence-corrected chi connectivity index (χ0v) is 21.9. The van der Waals surface area contributed by atoms with Crippen molar-refractivity contribution in [3.05, 3.63) is 24.3 Å². The van der Waals surface area contributed by atoms with Crippen LogP contribution >= 0.6 is 0 Å². The van der Waals surface area contributed by atoms with Crippen molar-refractivity contribution < 1.29 is 9.47 Å². The van der Waals surface area contributed by atoms with E-state index in [1.54, 1.807) is 0 Å². The van der Waals surface area contributed by atoms with E-state index in [1.165, 1.54) is 109 Å². The lowest BCUT2D eigenvalue weighted by molar-refractivity contribution is 0.177. The van der Waals surface area contributed by atoms with Crippen LogP contribution < -0.4 is 9.47 Å². The van der Waals surface area contributed by atoms with Crippen LogP contribution in [0, 0.1) is 23.7 Å². The third-order valence-corrected chi connectivity index (χ3v) is 8.56. The zero-order chi connectivity index (χ0) is 23.1. The smallest absolute Gasteiger partial charge is 0.119 e. The Morgan fingerprint density at radius 3 is 1.70 bits per heavy atom. The second kappa shape index (κ2) is 15.7. The summed E-state index contributed by atoms with van der Waals surface area (Å²) in [6.07, 6.45) is 23.7. The van der Waals surface area contributed by atoms with Gasteiger partial charge in [-0.25, -0.2) is 0 Å². The highest BCUT2D eigenvalue weighted by Crippen LogP contribution is 2.34. The highest BCUT2D eigenvalue weighted by molar-refractivity contribution is 5.31. The molecule has 0 bridgehead atoms. The lowest BCUT2D eigenvalue weighted by Gasteiger charge is -2.28. The maximum Gasteiger partial charge on any atom is 0.119 e. The maximum absolute atomic E-state index is 6.13. The summed E-state index contributed by atoms with van der Waals surface area (Å²) in [5.74, 6) is 5.63. The Morgan fingerprint density at radius 1 is 0.576 bits per heavy atom. The van der Waals surface area contributed by atoms with Crippen molar-refractivity contribution in [2.45, 2.75) is 123 Å². The SMILES string of the molecule is CCCCCCC[C@H]1CC[C@H](COc2ccc(OCCC[C@H]3CC[C@H](CC)CC3)cc2)CC1. The molecule has 2 heteroatoms. The van der Waals surface area contributed by atoms with Crippen molar-refractivity contribution in [1.82, 2.24) is 0 Å². The Balaban J connectivity index is 1.22. The molecule has 0 N–H and O–H groups in total. The fourth-order valence-corrected chi connectivity index (χ4v) is 6.06. The molecular weight excluding hydrogens is 404 g/mol. The van der Waals surface area contributed by atoms with E-state index < -0.39 is 0 Å². The first-order valence-corrected chi connectivity index (χ1v) is 14.6. The Bertz CT molecular complexity index is 594. The lowest BCUT2D eigenvalue weighted by Crippen LogP contribution is -2.20. The molecule has 33 heavy (non-hydrogen) atoms. The molecule has 2 fully saturated rings. The molecule has 2 saturated carbocycles. The third kappa shape index (κ3) is 10.3. The molecule has 188 valence electrons. The first-order chi connectivity index (χ1) is 16.3. The Labute approximate surface area is 205 Å². The summed E-state index contributed by atoms with van der Waals surface area (Å²) in [7, 11) is 0. The minimum Gasteiger partial charge on any atom is -0.494 e. The highest BCUT2D eigenvalue weighted by Gasteiger charge is 2.21. The fraction of sp³-hybridized carbons (Fsp3) is 0.806. The van der Waals surface area contributed by atoms with Crippen LogP contribution in [0.25, 0.3) is 0 Å². The van der Waals surface area contributed by atoms with Crippen LogP contribution in [0.15, 0.2) is 24.3 Å². The molecule has 1 aromatic carbocycles. The van der Waals surface area contributed by atoms with Crippen molar-refractivity contribution in [2.24, 2.45) is 23.7 Å². The molecule has 0 spiro atoms. The number of hydrogen-bond donors (Lipinski definition) is 0. The first-order valence-electron chi connectivity index (χ1n) is 14.6. The summed E-state index contributed by atoms with van der Waals surface area (Å²) < 4.78 is 12.1. The van der Waals surface area contributed by atoms with Gasteiger partial charge in [0.1, 0.15) is 11.5 Å². The lowest BCUT2D eigenvalue weighted by atomic mass is 9.79. The summed E-state index contributed by atoms with van der Waals surface area (Å²) in [5, 5.41) is 0. The van der Waals surface area contributed by atoms with Gasteiger partial charge in [0.15, 0.2) is 0 Å². The van der Waals surface area contributed by atoms with Crippen molar-refractivity contribution >= 4 is 0 Å². The first kappa shape index (κ1) is 26.4. The molecule has 0 heterocycles. The minimum atomic E-state index is 0.740. The van der Waals surface area contributed by atoms with Gasteiger partial charge in [-0.05, 0) is 73.6 Å². The zero-order valence-electron chi connectivity index (χ0n) is 21.9. The van der Waals surface area contributed by atoms with E-state index >= 15 is 0 Å². The number of hydrogen-bond acceptors (Lipinski definition) is 2. The molecule has 1 aromatic rings. The molecule has 2 nitrogen and oxygen atoms in total. The molecule has 0 aliphatic heterocycles. The van der Waals surface area contributed by atoms with E-state index in [9.17, 15) is 0 Å². The van der Waals surface area contributed by atoms with Gasteiger partial charge < -0.3 is 9.47 Å². The fourth-order valence-electron chi connectivity index (χ4n) is 6.06.